The quantitative estimate of drug-likeness (QED) is 0.594. The summed E-state index contributed by atoms with van der Waals surface area (Å²) in [5, 5.41) is 3.73. The van der Waals surface area contributed by atoms with Crippen molar-refractivity contribution >= 4 is 23.1 Å². The topological polar surface area (TPSA) is 102 Å². The van der Waals surface area contributed by atoms with Gasteiger partial charge in [-0.3, -0.25) is 4.79 Å². The Morgan fingerprint density at radius 1 is 1.25 bits per heavy atom. The number of nitrogens with zero attached hydrogens (tertiary/aromatic N) is 1. The number of carbonyl (C=O) groups is 1. The van der Waals surface area contributed by atoms with Gasteiger partial charge < -0.3 is 13.9 Å². The molecule has 24 heavy (non-hydrogen) atoms. The van der Waals surface area contributed by atoms with Gasteiger partial charge in [0.1, 0.15) is 30.0 Å². The Labute approximate surface area is 140 Å². The molecule has 1 aromatic heterocycles. The third-order valence-corrected chi connectivity index (χ3v) is 4.10. The number of rotatable bonds is 6. The standard InChI is InChI=1S/C15H15N3O5S/c19-15(18-16-9-11-2-1-5-21-11)10-17-24(20)12-3-4-13-14(8-12)23-7-6-22-13/h1-5,8-9,17H,6-7,10H2,(H,18,19)/b16-9+. The minimum Gasteiger partial charge on any atom is -0.486 e. The zero-order chi connectivity index (χ0) is 16.8. The molecule has 2 aromatic rings. The number of amides is 1. The monoisotopic (exact) mass is 349 g/mol. The van der Waals surface area contributed by atoms with E-state index in [-0.39, 0.29) is 6.54 Å². The van der Waals surface area contributed by atoms with Gasteiger partial charge in [-0.2, -0.15) is 5.10 Å². The van der Waals surface area contributed by atoms with Gasteiger partial charge in [-0.05, 0) is 24.3 Å². The first kappa shape index (κ1) is 16.2. The van der Waals surface area contributed by atoms with Gasteiger partial charge in [0.15, 0.2) is 11.5 Å². The Morgan fingerprint density at radius 2 is 2.08 bits per heavy atom. The number of hydrazone groups is 1. The molecule has 0 aliphatic carbocycles. The van der Waals surface area contributed by atoms with E-state index in [2.05, 4.69) is 15.2 Å². The normalized spacial score (nSPS) is 14.5. The summed E-state index contributed by atoms with van der Waals surface area (Å²) in [6.45, 7) is 0.787. The van der Waals surface area contributed by atoms with Crippen molar-refractivity contribution < 1.29 is 22.9 Å². The summed E-state index contributed by atoms with van der Waals surface area (Å²) >= 11 is 0. The molecule has 1 atom stereocenters. The molecule has 0 radical (unpaired) electrons. The van der Waals surface area contributed by atoms with Gasteiger partial charge in [0, 0.05) is 6.07 Å². The lowest BCUT2D eigenvalue weighted by Gasteiger charge is -2.18. The summed E-state index contributed by atoms with van der Waals surface area (Å²) in [5.41, 5.74) is 2.31. The molecule has 2 heterocycles. The molecule has 8 nitrogen and oxygen atoms in total. The van der Waals surface area contributed by atoms with Crippen LogP contribution in [0.4, 0.5) is 0 Å². The fourth-order valence-electron chi connectivity index (χ4n) is 1.93. The van der Waals surface area contributed by atoms with Gasteiger partial charge in [0.2, 0.25) is 0 Å². The fraction of sp³-hybridized carbons (Fsp3) is 0.200. The molecule has 1 aliphatic heterocycles. The van der Waals surface area contributed by atoms with Crippen LogP contribution in [-0.4, -0.2) is 36.1 Å². The number of carbonyl (C=O) groups excluding carboxylic acids is 1. The average Bonchev–Trinajstić information content (AvgIpc) is 3.12. The number of furan rings is 1. The highest BCUT2D eigenvalue weighted by molar-refractivity contribution is 7.83. The molecule has 0 saturated carbocycles. The molecule has 0 saturated heterocycles. The number of nitrogens with one attached hydrogen (secondary N) is 2. The molecule has 0 spiro atoms. The summed E-state index contributed by atoms with van der Waals surface area (Å²) in [4.78, 5) is 12.1. The molecule has 1 unspecified atom stereocenters. The molecule has 1 amide bonds. The molecule has 1 aromatic carbocycles. The molecule has 126 valence electrons. The molecule has 3 rings (SSSR count). The first-order valence-electron chi connectivity index (χ1n) is 7.13. The highest BCUT2D eigenvalue weighted by atomic mass is 32.2. The van der Waals surface area contributed by atoms with Gasteiger partial charge in [-0.15, -0.1) is 0 Å². The number of ether oxygens (including phenoxy) is 2. The van der Waals surface area contributed by atoms with Crippen molar-refractivity contribution in [2.75, 3.05) is 19.8 Å². The second-order valence-corrected chi connectivity index (χ2v) is 6.00. The predicted octanol–water partition coefficient (Wildman–Crippen LogP) is 0.813. The van der Waals surface area contributed by atoms with E-state index < -0.39 is 16.9 Å². The molecule has 9 heteroatoms. The van der Waals surface area contributed by atoms with E-state index in [1.54, 1.807) is 30.3 Å². The van der Waals surface area contributed by atoms with Gasteiger partial charge in [0.05, 0.1) is 23.9 Å². The zero-order valence-electron chi connectivity index (χ0n) is 12.6. The number of fused-ring (bicyclic) bond motifs is 1. The van der Waals surface area contributed by atoms with Crippen LogP contribution in [0.2, 0.25) is 0 Å². The van der Waals surface area contributed by atoms with Crippen LogP contribution < -0.4 is 19.6 Å². The van der Waals surface area contributed by atoms with E-state index >= 15 is 0 Å². The maximum Gasteiger partial charge on any atom is 0.255 e. The molecule has 1 aliphatic rings. The van der Waals surface area contributed by atoms with E-state index in [1.165, 1.54) is 12.5 Å². The van der Waals surface area contributed by atoms with Crippen LogP contribution in [0.15, 0.2) is 51.0 Å². The van der Waals surface area contributed by atoms with Crippen LogP contribution in [0, 0.1) is 0 Å². The molecule has 0 fully saturated rings. The number of hydrogen-bond acceptors (Lipinski definition) is 6. The Kier molecular flexibility index (Phi) is 5.24. The van der Waals surface area contributed by atoms with E-state index in [0.717, 1.165) is 0 Å². The maximum absolute atomic E-state index is 12.2. The third-order valence-electron chi connectivity index (χ3n) is 3.02. The summed E-state index contributed by atoms with van der Waals surface area (Å²) in [7, 11) is -1.55. The molecule has 2 N–H and O–H groups in total. The van der Waals surface area contributed by atoms with E-state index in [9.17, 15) is 9.00 Å². The Bertz CT molecular complexity index is 760. The zero-order valence-corrected chi connectivity index (χ0v) is 13.4. The molecule has 0 bridgehead atoms. The van der Waals surface area contributed by atoms with Crippen molar-refractivity contribution in [3.63, 3.8) is 0 Å². The molecular weight excluding hydrogens is 334 g/mol. The smallest absolute Gasteiger partial charge is 0.255 e. The van der Waals surface area contributed by atoms with Crippen LogP contribution >= 0.6 is 0 Å². The van der Waals surface area contributed by atoms with Crippen molar-refractivity contribution in [2.24, 2.45) is 5.10 Å². The lowest BCUT2D eigenvalue weighted by Crippen LogP contribution is -2.32. The van der Waals surface area contributed by atoms with Gasteiger partial charge in [-0.1, -0.05) is 0 Å². The van der Waals surface area contributed by atoms with Crippen molar-refractivity contribution in [1.29, 1.82) is 0 Å². The van der Waals surface area contributed by atoms with Gasteiger partial charge in [-0.25, -0.2) is 14.4 Å². The van der Waals surface area contributed by atoms with Crippen LogP contribution in [-0.2, 0) is 15.8 Å². The second kappa shape index (κ2) is 7.75. The maximum atomic E-state index is 12.2. The predicted molar refractivity (Wildman–Crippen MR) is 86.3 cm³/mol. The van der Waals surface area contributed by atoms with Crippen LogP contribution in [0.3, 0.4) is 0 Å². The summed E-state index contributed by atoms with van der Waals surface area (Å²) < 4.78 is 30.6. The van der Waals surface area contributed by atoms with Crippen molar-refractivity contribution in [3.8, 4) is 11.5 Å². The Balaban J connectivity index is 1.49. The van der Waals surface area contributed by atoms with E-state index in [1.807, 2.05) is 0 Å². The highest BCUT2D eigenvalue weighted by Crippen LogP contribution is 2.31. The van der Waals surface area contributed by atoms with E-state index in [0.29, 0.717) is 35.4 Å². The van der Waals surface area contributed by atoms with E-state index in [4.69, 9.17) is 13.9 Å². The van der Waals surface area contributed by atoms with Crippen molar-refractivity contribution in [2.45, 2.75) is 4.90 Å². The third kappa shape index (κ3) is 4.21. The lowest BCUT2D eigenvalue weighted by atomic mass is 10.3. The summed E-state index contributed by atoms with van der Waals surface area (Å²) in [6.07, 6.45) is 2.87. The minimum absolute atomic E-state index is 0.156. The highest BCUT2D eigenvalue weighted by Gasteiger charge is 2.14. The first-order chi connectivity index (χ1) is 11.7. The summed E-state index contributed by atoms with van der Waals surface area (Å²) in [5.74, 6) is 1.25. The number of hydrogen-bond donors (Lipinski definition) is 2. The van der Waals surface area contributed by atoms with Gasteiger partial charge in [0.25, 0.3) is 5.91 Å². The van der Waals surface area contributed by atoms with Crippen molar-refractivity contribution in [1.82, 2.24) is 10.1 Å². The molecular formula is C15H15N3O5S. The average molecular weight is 349 g/mol. The largest absolute Gasteiger partial charge is 0.486 e. The first-order valence-corrected chi connectivity index (χ1v) is 8.28. The Hall–Kier alpha value is -2.65. The van der Waals surface area contributed by atoms with Crippen molar-refractivity contribution in [3.05, 3.63) is 42.4 Å². The SMILES string of the molecule is O=C(CNS(=O)c1ccc2c(c1)OCCO2)N/N=C/c1ccco1. The second-order valence-electron chi connectivity index (χ2n) is 4.70. The van der Waals surface area contributed by atoms with Crippen LogP contribution in [0.1, 0.15) is 5.76 Å². The summed E-state index contributed by atoms with van der Waals surface area (Å²) in [6, 6.07) is 8.39. The Morgan fingerprint density at radius 3 is 2.88 bits per heavy atom. The fourth-order valence-corrected chi connectivity index (χ4v) is 2.76. The minimum atomic E-state index is -1.55. The number of benzene rings is 1. The lowest BCUT2D eigenvalue weighted by molar-refractivity contribution is -0.119. The van der Waals surface area contributed by atoms with Gasteiger partial charge >= 0.3 is 0 Å². The van der Waals surface area contributed by atoms with Crippen LogP contribution in [0.25, 0.3) is 0 Å². The van der Waals surface area contributed by atoms with Crippen LogP contribution in [0.5, 0.6) is 11.5 Å².